The molecule has 0 bridgehead atoms. The zero-order valence-electron chi connectivity index (χ0n) is 10.3. The Morgan fingerprint density at radius 1 is 1.44 bits per heavy atom. The molecule has 2 rings (SSSR count). The zero-order chi connectivity index (χ0) is 11.6. The Morgan fingerprint density at radius 3 is 2.69 bits per heavy atom. The van der Waals surface area contributed by atoms with Gasteiger partial charge in [-0.3, -0.25) is 4.79 Å². The van der Waals surface area contributed by atoms with Gasteiger partial charge in [0.25, 0.3) is 0 Å². The van der Waals surface area contributed by atoms with E-state index in [4.69, 9.17) is 5.73 Å². The lowest BCUT2D eigenvalue weighted by molar-refractivity contribution is -0.125. The van der Waals surface area contributed by atoms with Crippen molar-refractivity contribution in [3.05, 3.63) is 0 Å². The molecule has 0 aliphatic heterocycles. The van der Waals surface area contributed by atoms with E-state index in [2.05, 4.69) is 12.2 Å². The fraction of sp³-hybridized carbons (Fsp3) is 0.923. The molecule has 2 unspecified atom stereocenters. The van der Waals surface area contributed by atoms with Crippen LogP contribution in [0.4, 0.5) is 0 Å². The summed E-state index contributed by atoms with van der Waals surface area (Å²) in [5.74, 6) is 0.282. The summed E-state index contributed by atoms with van der Waals surface area (Å²) in [6.45, 7) is 3.09. The first-order valence-corrected chi connectivity index (χ1v) is 6.70. The third-order valence-electron chi connectivity index (χ3n) is 4.28. The molecule has 0 aromatic rings. The van der Waals surface area contributed by atoms with E-state index in [9.17, 15) is 4.79 Å². The molecule has 2 aliphatic rings. The van der Waals surface area contributed by atoms with Crippen molar-refractivity contribution in [2.24, 2.45) is 17.1 Å². The van der Waals surface area contributed by atoms with Gasteiger partial charge in [0.2, 0.25) is 5.91 Å². The second-order valence-corrected chi connectivity index (χ2v) is 5.67. The third-order valence-corrected chi connectivity index (χ3v) is 4.28. The van der Waals surface area contributed by atoms with Crippen molar-refractivity contribution in [2.75, 3.05) is 6.54 Å². The maximum absolute atomic E-state index is 11.9. The van der Waals surface area contributed by atoms with Gasteiger partial charge in [0.15, 0.2) is 0 Å². The second-order valence-electron chi connectivity index (χ2n) is 5.67. The molecule has 2 fully saturated rings. The number of hydrogen-bond donors (Lipinski definition) is 2. The van der Waals surface area contributed by atoms with Crippen LogP contribution in [0.3, 0.4) is 0 Å². The Morgan fingerprint density at radius 2 is 2.19 bits per heavy atom. The quantitative estimate of drug-likeness (QED) is 0.748. The Kier molecular flexibility index (Phi) is 3.53. The van der Waals surface area contributed by atoms with Crippen molar-refractivity contribution in [2.45, 2.75) is 57.9 Å². The number of amides is 1. The fourth-order valence-corrected chi connectivity index (χ4v) is 2.94. The summed E-state index contributed by atoms with van der Waals surface area (Å²) >= 11 is 0. The van der Waals surface area contributed by atoms with Crippen molar-refractivity contribution in [1.82, 2.24) is 5.32 Å². The average molecular weight is 224 g/mol. The first-order chi connectivity index (χ1) is 7.67. The first-order valence-electron chi connectivity index (χ1n) is 6.70. The van der Waals surface area contributed by atoms with Gasteiger partial charge in [-0.05, 0) is 37.5 Å². The summed E-state index contributed by atoms with van der Waals surface area (Å²) in [5.41, 5.74) is 6.38. The molecule has 0 radical (unpaired) electrons. The Balaban J connectivity index is 1.75. The molecule has 0 spiro atoms. The van der Waals surface area contributed by atoms with Crippen molar-refractivity contribution in [1.29, 1.82) is 0 Å². The van der Waals surface area contributed by atoms with Gasteiger partial charge in [0.05, 0.1) is 5.92 Å². The van der Waals surface area contributed by atoms with Crippen LogP contribution in [0, 0.1) is 11.3 Å². The van der Waals surface area contributed by atoms with Crippen LogP contribution >= 0.6 is 0 Å². The molecule has 3 heteroatoms. The number of hydrogen-bond acceptors (Lipinski definition) is 2. The summed E-state index contributed by atoms with van der Waals surface area (Å²) in [6, 6.07) is 0.0985. The van der Waals surface area contributed by atoms with Crippen molar-refractivity contribution >= 4 is 5.91 Å². The molecule has 1 amide bonds. The van der Waals surface area contributed by atoms with E-state index in [0.717, 1.165) is 25.8 Å². The lowest BCUT2D eigenvalue weighted by Gasteiger charge is -2.19. The maximum Gasteiger partial charge on any atom is 0.224 e. The number of nitrogens with two attached hydrogens (primary N) is 1. The molecular weight excluding hydrogens is 200 g/mol. The number of nitrogens with one attached hydrogen (secondary N) is 1. The molecule has 3 nitrogen and oxygen atoms in total. The molecule has 0 heterocycles. The van der Waals surface area contributed by atoms with Crippen molar-refractivity contribution < 1.29 is 4.79 Å². The predicted molar refractivity (Wildman–Crippen MR) is 64.9 cm³/mol. The van der Waals surface area contributed by atoms with Gasteiger partial charge in [0, 0.05) is 12.6 Å². The standard InChI is InChI=1S/C13H24N2O/c1-2-6-13(7-8-13)9-15-12(16)10-4-3-5-11(10)14/h10-11H,2-9,14H2,1H3,(H,15,16). The highest BCUT2D eigenvalue weighted by atomic mass is 16.1. The maximum atomic E-state index is 11.9. The Bertz CT molecular complexity index is 261. The summed E-state index contributed by atoms with van der Waals surface area (Å²) < 4.78 is 0. The minimum absolute atomic E-state index is 0.0810. The number of carbonyl (C=O) groups is 1. The molecule has 0 aromatic heterocycles. The Hall–Kier alpha value is -0.570. The van der Waals surface area contributed by atoms with E-state index in [1.807, 2.05) is 0 Å². The van der Waals surface area contributed by atoms with Gasteiger partial charge in [-0.15, -0.1) is 0 Å². The van der Waals surface area contributed by atoms with E-state index in [1.165, 1.54) is 25.7 Å². The van der Waals surface area contributed by atoms with Crippen LogP contribution in [0.15, 0.2) is 0 Å². The van der Waals surface area contributed by atoms with E-state index in [1.54, 1.807) is 0 Å². The minimum atomic E-state index is 0.0810. The normalized spacial score (nSPS) is 31.4. The van der Waals surface area contributed by atoms with Gasteiger partial charge >= 0.3 is 0 Å². The van der Waals surface area contributed by atoms with Crippen molar-refractivity contribution in [3.8, 4) is 0 Å². The van der Waals surface area contributed by atoms with Crippen LogP contribution in [0.25, 0.3) is 0 Å². The monoisotopic (exact) mass is 224 g/mol. The second kappa shape index (κ2) is 4.74. The number of rotatable bonds is 5. The highest BCUT2D eigenvalue weighted by Crippen LogP contribution is 2.49. The van der Waals surface area contributed by atoms with Crippen LogP contribution in [-0.2, 0) is 4.79 Å². The molecule has 2 saturated carbocycles. The minimum Gasteiger partial charge on any atom is -0.355 e. The summed E-state index contributed by atoms with van der Waals surface area (Å²) in [6.07, 6.45) is 8.16. The molecule has 2 atom stereocenters. The Labute approximate surface area is 98.2 Å². The molecule has 92 valence electrons. The predicted octanol–water partition coefficient (Wildman–Crippen LogP) is 1.81. The lowest BCUT2D eigenvalue weighted by atomic mass is 9.99. The fourth-order valence-electron chi connectivity index (χ4n) is 2.94. The molecule has 0 aromatic carbocycles. The largest absolute Gasteiger partial charge is 0.355 e. The third kappa shape index (κ3) is 2.57. The van der Waals surface area contributed by atoms with Crippen LogP contribution < -0.4 is 11.1 Å². The first kappa shape index (κ1) is 11.9. The van der Waals surface area contributed by atoms with E-state index in [-0.39, 0.29) is 17.9 Å². The molecule has 2 aliphatic carbocycles. The zero-order valence-corrected chi connectivity index (χ0v) is 10.3. The van der Waals surface area contributed by atoms with Crippen LogP contribution in [-0.4, -0.2) is 18.5 Å². The van der Waals surface area contributed by atoms with Gasteiger partial charge in [-0.1, -0.05) is 19.8 Å². The highest BCUT2D eigenvalue weighted by Gasteiger charge is 2.42. The van der Waals surface area contributed by atoms with E-state index < -0.39 is 0 Å². The van der Waals surface area contributed by atoms with Gasteiger partial charge in [-0.25, -0.2) is 0 Å². The topological polar surface area (TPSA) is 55.1 Å². The summed E-state index contributed by atoms with van der Waals surface area (Å²) in [4.78, 5) is 11.9. The van der Waals surface area contributed by atoms with Crippen LogP contribution in [0.5, 0.6) is 0 Å². The van der Waals surface area contributed by atoms with E-state index in [0.29, 0.717) is 5.41 Å². The van der Waals surface area contributed by atoms with Crippen LogP contribution in [0.2, 0.25) is 0 Å². The van der Waals surface area contributed by atoms with E-state index >= 15 is 0 Å². The van der Waals surface area contributed by atoms with Crippen molar-refractivity contribution in [3.63, 3.8) is 0 Å². The highest BCUT2D eigenvalue weighted by molar-refractivity contribution is 5.79. The average Bonchev–Trinajstić information content (AvgIpc) is 2.89. The van der Waals surface area contributed by atoms with Gasteiger partial charge in [0.1, 0.15) is 0 Å². The van der Waals surface area contributed by atoms with Crippen LogP contribution in [0.1, 0.15) is 51.9 Å². The lowest BCUT2D eigenvalue weighted by Crippen LogP contribution is -2.40. The van der Waals surface area contributed by atoms with Gasteiger partial charge in [-0.2, -0.15) is 0 Å². The molecule has 0 saturated heterocycles. The SMILES string of the molecule is CCCC1(CNC(=O)C2CCCC2N)CC1. The number of carbonyl (C=O) groups excluding carboxylic acids is 1. The summed E-state index contributed by atoms with van der Waals surface area (Å²) in [7, 11) is 0. The van der Waals surface area contributed by atoms with Gasteiger partial charge < -0.3 is 11.1 Å². The molecule has 16 heavy (non-hydrogen) atoms. The molecule has 3 N–H and O–H groups in total. The molecular formula is C13H24N2O. The summed E-state index contributed by atoms with van der Waals surface area (Å²) in [5, 5.41) is 3.12. The smallest absolute Gasteiger partial charge is 0.224 e.